The quantitative estimate of drug-likeness (QED) is 0.301. The van der Waals surface area contributed by atoms with Crippen LogP contribution in [0.4, 0.5) is 11.4 Å². The fourth-order valence-electron chi connectivity index (χ4n) is 2.91. The number of benzene rings is 2. The molecule has 34 heavy (non-hydrogen) atoms. The first-order valence-electron chi connectivity index (χ1n) is 10.9. The summed E-state index contributed by atoms with van der Waals surface area (Å²) in [7, 11) is -2.14. The van der Waals surface area contributed by atoms with Crippen LogP contribution < -0.4 is 16.6 Å². The molecule has 2 aromatic carbocycles. The molecule has 0 aliphatic heterocycles. The molecule has 0 aliphatic carbocycles. The Morgan fingerprint density at radius 3 is 2.15 bits per heavy atom. The van der Waals surface area contributed by atoms with Crippen molar-refractivity contribution in [3.05, 3.63) is 76.2 Å². The third-order valence-electron chi connectivity index (χ3n) is 4.87. The topological polar surface area (TPSA) is 140 Å². The minimum atomic E-state index is -3.96. The van der Waals surface area contributed by atoms with Crippen LogP contribution in [0.2, 0.25) is 3.67 Å². The van der Waals surface area contributed by atoms with Crippen molar-refractivity contribution in [1.82, 2.24) is 9.36 Å². The Morgan fingerprint density at radius 2 is 1.74 bits per heavy atom. The van der Waals surface area contributed by atoms with Gasteiger partial charge in [-0.25, -0.2) is 4.68 Å². The Labute approximate surface area is 218 Å². The van der Waals surface area contributed by atoms with Crippen LogP contribution in [0.25, 0.3) is 5.69 Å². The summed E-state index contributed by atoms with van der Waals surface area (Å²) in [4.78, 5) is 11.8. The molecule has 1 atom stereocenters. The summed E-state index contributed by atoms with van der Waals surface area (Å²) in [6.07, 6.45) is -0.883. The predicted octanol–water partition coefficient (Wildman–Crippen LogP) is 2.32. The van der Waals surface area contributed by atoms with Gasteiger partial charge in [-0.15, -0.1) is 0 Å². The molecule has 0 saturated heterocycles. The standard InChI is InChI=1S/C11H13N3O.C9H13N.C3H7O4S.Na/c1-8-10(12)11(15)14(13(8)2)9-6-4-3-5-7-9;1-3-10-9-6-4-5-8(2)7-9;1-3(4)2-8(5,6)7;/h3-7H,12H2,1-2H3;4-7,10H,3H2,1-2H3;3-4H,1-2H2,(H,5,6,7);. The van der Waals surface area contributed by atoms with Crippen LogP contribution in [0, 0.1) is 13.8 Å². The fraction of sp³-hybridized carbons (Fsp3) is 0.348. The van der Waals surface area contributed by atoms with Gasteiger partial charge in [-0.3, -0.25) is 9.48 Å². The second-order valence-corrected chi connectivity index (χ2v) is 10.00. The molecule has 0 spiro atoms. The van der Waals surface area contributed by atoms with E-state index < -0.39 is 22.0 Å². The Kier molecular flexibility index (Phi) is 12.6. The van der Waals surface area contributed by atoms with E-state index in [1.54, 1.807) is 9.36 Å². The van der Waals surface area contributed by atoms with Crippen molar-refractivity contribution < 1.29 is 18.1 Å². The molecule has 1 heterocycles. The van der Waals surface area contributed by atoms with E-state index in [0.29, 0.717) is 9.36 Å². The molecular formula is C23H33N4NaO5S. The van der Waals surface area contributed by atoms with Crippen LogP contribution >= 0.6 is 0 Å². The van der Waals surface area contributed by atoms with Crippen molar-refractivity contribution in [2.45, 2.75) is 30.5 Å². The molecule has 9 nitrogen and oxygen atoms in total. The molecule has 0 bridgehead atoms. The molecule has 0 saturated carbocycles. The van der Waals surface area contributed by atoms with Crippen LogP contribution in [0.15, 0.2) is 59.4 Å². The number of aryl methyl sites for hydroxylation is 1. The number of anilines is 2. The number of aliphatic hydroxyl groups is 1. The zero-order valence-electron chi connectivity index (χ0n) is 20.4. The molecule has 5 N–H and O–H groups in total. The number of aliphatic hydroxyl groups excluding tert-OH is 1. The molecule has 1 unspecified atom stereocenters. The number of nitrogens with two attached hydrogens (primary N) is 1. The van der Waals surface area contributed by atoms with E-state index in [2.05, 4.69) is 43.4 Å². The third kappa shape index (κ3) is 10.0. The Balaban J connectivity index is 0.000000268. The summed E-state index contributed by atoms with van der Waals surface area (Å²) in [6, 6.07) is 17.8. The molecular weight excluding hydrogens is 467 g/mol. The summed E-state index contributed by atoms with van der Waals surface area (Å²) >= 11 is 0.741. The first-order chi connectivity index (χ1) is 15.9. The first-order valence-corrected chi connectivity index (χ1v) is 14.0. The molecule has 1 aromatic heterocycles. The van der Waals surface area contributed by atoms with Gasteiger partial charge in [-0.1, -0.05) is 30.3 Å². The first kappa shape index (κ1) is 30.0. The average Bonchev–Trinajstić information content (AvgIpc) is 2.97. The Hall–Kier alpha value is -2.08. The number of aromatic nitrogens is 2. The minimum absolute atomic E-state index is 0.166. The number of hydrogen-bond acceptors (Lipinski definition) is 6. The number of para-hydroxylation sites is 1. The van der Waals surface area contributed by atoms with E-state index in [1.807, 2.05) is 44.3 Å². The van der Waals surface area contributed by atoms with Crippen molar-refractivity contribution in [2.24, 2.45) is 7.05 Å². The van der Waals surface area contributed by atoms with Gasteiger partial charge in [0.15, 0.2) is 0 Å². The molecule has 0 radical (unpaired) electrons. The van der Waals surface area contributed by atoms with Crippen molar-refractivity contribution in [1.29, 1.82) is 0 Å². The molecule has 0 fully saturated rings. The second-order valence-electron chi connectivity index (χ2n) is 7.69. The van der Waals surface area contributed by atoms with Crippen LogP contribution in [-0.2, 0) is 17.2 Å². The molecule has 3 aromatic rings. The maximum absolute atomic E-state index is 11.8. The van der Waals surface area contributed by atoms with E-state index in [9.17, 15) is 13.2 Å². The Bertz CT molecular complexity index is 1190. The van der Waals surface area contributed by atoms with Gasteiger partial charge in [-0.05, 0) is 50.6 Å². The number of nitrogens with one attached hydrogen (secondary N) is 1. The summed E-state index contributed by atoms with van der Waals surface area (Å²) < 4.78 is 32.0. The molecule has 0 amide bonds. The van der Waals surface area contributed by atoms with Gasteiger partial charge in [-0.2, -0.15) is 0 Å². The van der Waals surface area contributed by atoms with Gasteiger partial charge < -0.3 is 11.1 Å². The Morgan fingerprint density at radius 1 is 1.12 bits per heavy atom. The van der Waals surface area contributed by atoms with Crippen LogP contribution in [-0.4, -0.2) is 73.8 Å². The third-order valence-corrected chi connectivity index (χ3v) is 6.62. The van der Waals surface area contributed by atoms with Gasteiger partial charge in [0.2, 0.25) is 0 Å². The number of nitrogens with zero attached hydrogens (tertiary/aromatic N) is 2. The van der Waals surface area contributed by atoms with Gasteiger partial charge in [0.25, 0.3) is 5.56 Å². The predicted molar refractivity (Wildman–Crippen MR) is 138 cm³/mol. The van der Waals surface area contributed by atoms with Crippen LogP contribution in [0.3, 0.4) is 0 Å². The monoisotopic (exact) mass is 500 g/mol. The molecule has 11 heteroatoms. The zero-order chi connectivity index (χ0) is 25.9. The van der Waals surface area contributed by atoms with E-state index >= 15 is 0 Å². The van der Waals surface area contributed by atoms with Crippen molar-refractivity contribution in [3.63, 3.8) is 0 Å². The second kappa shape index (κ2) is 14.3. The van der Waals surface area contributed by atoms with E-state index in [-0.39, 0.29) is 5.56 Å². The van der Waals surface area contributed by atoms with Crippen molar-refractivity contribution >= 4 is 49.4 Å². The van der Waals surface area contributed by atoms with Crippen LogP contribution in [0.1, 0.15) is 18.2 Å². The zero-order valence-corrected chi connectivity index (χ0v) is 23.2. The van der Waals surface area contributed by atoms with Gasteiger partial charge in [0.1, 0.15) is 5.69 Å². The number of hydrogen-bond donors (Lipinski definition) is 4. The van der Waals surface area contributed by atoms with Gasteiger partial charge >= 0.3 is 71.7 Å². The summed E-state index contributed by atoms with van der Waals surface area (Å²) in [5.41, 5.74) is 9.95. The number of nitrogen functional groups attached to an aromatic ring is 1. The van der Waals surface area contributed by atoms with E-state index in [0.717, 1.165) is 45.9 Å². The SMILES string of the molecule is CCNc1cccc(C)c1.Cc1c(N)c(=O)n(-c2ccccc2)n1C.O=S(=O)(O)CC(O)[CH2][Na]. The summed E-state index contributed by atoms with van der Waals surface area (Å²) in [5, 5.41) is 11.9. The van der Waals surface area contributed by atoms with E-state index in [1.165, 1.54) is 11.3 Å². The van der Waals surface area contributed by atoms with Crippen molar-refractivity contribution in [3.8, 4) is 5.69 Å². The molecule has 3 rings (SSSR count). The summed E-state index contributed by atoms with van der Waals surface area (Å²) in [6.45, 7) is 7.02. The fourth-order valence-corrected chi connectivity index (χ4v) is 4.34. The molecule has 0 aliphatic rings. The van der Waals surface area contributed by atoms with Gasteiger partial charge in [0.05, 0.1) is 11.4 Å². The van der Waals surface area contributed by atoms with E-state index in [4.69, 9.17) is 15.4 Å². The van der Waals surface area contributed by atoms with Crippen LogP contribution in [0.5, 0.6) is 0 Å². The normalized spacial score (nSPS) is 11.5. The summed E-state index contributed by atoms with van der Waals surface area (Å²) in [5.74, 6) is -0.531. The van der Waals surface area contributed by atoms with Gasteiger partial charge in [0, 0.05) is 19.3 Å². The molecule has 182 valence electrons. The van der Waals surface area contributed by atoms with Crippen molar-refractivity contribution in [2.75, 3.05) is 23.3 Å². The maximum atomic E-state index is 11.8. The average molecular weight is 501 g/mol. The number of rotatable bonds is 6.